The van der Waals surface area contributed by atoms with Gasteiger partial charge in [0, 0.05) is 24.3 Å². The lowest BCUT2D eigenvalue weighted by Crippen LogP contribution is -2.14. The van der Waals surface area contributed by atoms with Gasteiger partial charge >= 0.3 is 0 Å². The van der Waals surface area contributed by atoms with Crippen molar-refractivity contribution in [1.82, 2.24) is 4.98 Å². The monoisotopic (exact) mass is 270 g/mol. The van der Waals surface area contributed by atoms with Gasteiger partial charge in [0.1, 0.15) is 0 Å². The van der Waals surface area contributed by atoms with Crippen molar-refractivity contribution < 1.29 is 9.50 Å². The molecule has 4 heteroatoms. The molecule has 2 rings (SSSR count). The Morgan fingerprint density at radius 1 is 1.20 bits per heavy atom. The third kappa shape index (κ3) is 3.01. The minimum atomic E-state index is -0.581. The number of aliphatic hydroxyl groups excluding tert-OH is 1. The number of nitrogens with zero attached hydrogens (tertiary/aromatic N) is 2. The summed E-state index contributed by atoms with van der Waals surface area (Å²) in [5, 5.41) is 18.7. The van der Waals surface area contributed by atoms with E-state index in [-0.39, 0.29) is 6.61 Å². The van der Waals surface area contributed by atoms with Gasteiger partial charge in [0.15, 0.2) is 0 Å². The van der Waals surface area contributed by atoms with Gasteiger partial charge in [0.2, 0.25) is 5.95 Å². The van der Waals surface area contributed by atoms with E-state index < -0.39 is 17.8 Å². The van der Waals surface area contributed by atoms with Gasteiger partial charge in [-0.1, -0.05) is 36.4 Å². The third-order valence-electron chi connectivity index (χ3n) is 3.33. The summed E-state index contributed by atoms with van der Waals surface area (Å²) in [4.78, 5) is 3.63. The van der Waals surface area contributed by atoms with Crippen molar-refractivity contribution in [3.8, 4) is 6.07 Å². The molecule has 2 aromatic rings. The van der Waals surface area contributed by atoms with E-state index in [0.29, 0.717) is 12.0 Å². The van der Waals surface area contributed by atoms with Gasteiger partial charge in [0.25, 0.3) is 0 Å². The van der Waals surface area contributed by atoms with Crippen LogP contribution in [0.1, 0.15) is 29.4 Å². The Bertz CT molecular complexity index is 595. The second-order valence-corrected chi connectivity index (χ2v) is 4.52. The van der Waals surface area contributed by atoms with E-state index in [2.05, 4.69) is 11.1 Å². The van der Waals surface area contributed by atoms with Crippen molar-refractivity contribution in [2.75, 3.05) is 6.61 Å². The number of hydrogen-bond donors (Lipinski definition) is 1. The van der Waals surface area contributed by atoms with Crippen LogP contribution in [-0.4, -0.2) is 16.7 Å². The largest absolute Gasteiger partial charge is 0.396 e. The van der Waals surface area contributed by atoms with Crippen molar-refractivity contribution in [2.24, 2.45) is 0 Å². The van der Waals surface area contributed by atoms with E-state index >= 15 is 0 Å². The Morgan fingerprint density at radius 2 is 1.95 bits per heavy atom. The predicted octanol–water partition coefficient (Wildman–Crippen LogP) is 2.99. The topological polar surface area (TPSA) is 56.9 Å². The summed E-state index contributed by atoms with van der Waals surface area (Å²) < 4.78 is 13.9. The maximum atomic E-state index is 13.9. The molecule has 0 spiro atoms. The maximum Gasteiger partial charge on any atom is 0.216 e. The molecule has 20 heavy (non-hydrogen) atoms. The highest BCUT2D eigenvalue weighted by Crippen LogP contribution is 2.35. The van der Waals surface area contributed by atoms with Crippen molar-refractivity contribution in [2.45, 2.75) is 18.3 Å². The highest BCUT2D eigenvalue weighted by atomic mass is 19.1. The van der Waals surface area contributed by atoms with Gasteiger partial charge in [-0.25, -0.2) is 4.98 Å². The standard InChI is InChI=1S/C16H15FN2O/c17-16-14(7-4-9-19-16)13(8-10-20)15(11-18)12-5-2-1-3-6-12/h1-7,9,13,15,20H,8,10H2/t13-,15-/m0/s1. The summed E-state index contributed by atoms with van der Waals surface area (Å²) in [5.41, 5.74) is 1.19. The number of pyridine rings is 1. The second kappa shape index (κ2) is 6.78. The van der Waals surface area contributed by atoms with Crippen LogP contribution >= 0.6 is 0 Å². The van der Waals surface area contributed by atoms with E-state index in [1.807, 2.05) is 30.3 Å². The minimum Gasteiger partial charge on any atom is -0.396 e. The van der Waals surface area contributed by atoms with Crippen LogP contribution in [0, 0.1) is 17.3 Å². The zero-order valence-electron chi connectivity index (χ0n) is 10.9. The Balaban J connectivity index is 2.42. The molecule has 0 radical (unpaired) electrons. The molecule has 1 heterocycles. The lowest BCUT2D eigenvalue weighted by Gasteiger charge is -2.22. The molecular weight excluding hydrogens is 255 g/mol. The highest BCUT2D eigenvalue weighted by Gasteiger charge is 2.27. The number of nitriles is 1. The van der Waals surface area contributed by atoms with Crippen LogP contribution in [-0.2, 0) is 0 Å². The summed E-state index contributed by atoms with van der Waals surface area (Å²) in [6.45, 7) is -0.107. The van der Waals surface area contributed by atoms with Crippen molar-refractivity contribution in [3.05, 3.63) is 65.7 Å². The Hall–Kier alpha value is -2.25. The second-order valence-electron chi connectivity index (χ2n) is 4.52. The van der Waals surface area contributed by atoms with Crippen LogP contribution in [0.2, 0.25) is 0 Å². The number of benzene rings is 1. The fourth-order valence-corrected chi connectivity index (χ4v) is 2.37. The van der Waals surface area contributed by atoms with Crippen LogP contribution in [0.3, 0.4) is 0 Å². The van der Waals surface area contributed by atoms with Crippen molar-refractivity contribution >= 4 is 0 Å². The van der Waals surface area contributed by atoms with E-state index in [0.717, 1.165) is 5.56 Å². The summed E-state index contributed by atoms with van der Waals surface area (Å²) in [7, 11) is 0. The first-order valence-corrected chi connectivity index (χ1v) is 6.43. The van der Waals surface area contributed by atoms with E-state index in [4.69, 9.17) is 0 Å². The molecule has 2 atom stereocenters. The number of aromatic nitrogens is 1. The predicted molar refractivity (Wildman–Crippen MR) is 73.4 cm³/mol. The van der Waals surface area contributed by atoms with Gasteiger partial charge in [0.05, 0.1) is 12.0 Å². The SMILES string of the molecule is N#C[C@@H](c1ccccc1)[C@@H](CCO)c1cccnc1F. The molecule has 0 aliphatic rings. The molecule has 1 N–H and O–H groups in total. The fraction of sp³-hybridized carbons (Fsp3) is 0.250. The van der Waals surface area contributed by atoms with Gasteiger partial charge in [-0.3, -0.25) is 0 Å². The first-order chi connectivity index (χ1) is 9.77. The van der Waals surface area contributed by atoms with Crippen LogP contribution in [0.5, 0.6) is 0 Å². The van der Waals surface area contributed by atoms with E-state index in [1.54, 1.807) is 12.1 Å². The summed E-state index contributed by atoms with van der Waals surface area (Å²) in [6, 6.07) is 14.7. The lowest BCUT2D eigenvalue weighted by atomic mass is 9.81. The number of halogens is 1. The first-order valence-electron chi connectivity index (χ1n) is 6.43. The Morgan fingerprint density at radius 3 is 2.55 bits per heavy atom. The smallest absolute Gasteiger partial charge is 0.216 e. The zero-order chi connectivity index (χ0) is 14.4. The molecule has 1 aromatic heterocycles. The zero-order valence-corrected chi connectivity index (χ0v) is 10.9. The summed E-state index contributed by atoms with van der Waals surface area (Å²) in [5.74, 6) is -1.51. The average molecular weight is 270 g/mol. The maximum absolute atomic E-state index is 13.9. The summed E-state index contributed by atoms with van der Waals surface area (Å²) in [6.07, 6.45) is 1.69. The molecule has 0 saturated heterocycles. The molecule has 0 unspecified atom stereocenters. The highest BCUT2D eigenvalue weighted by molar-refractivity contribution is 5.32. The Kier molecular flexibility index (Phi) is 4.80. The quantitative estimate of drug-likeness (QED) is 0.850. The summed E-state index contributed by atoms with van der Waals surface area (Å²) >= 11 is 0. The average Bonchev–Trinajstić information content (AvgIpc) is 2.49. The third-order valence-corrected chi connectivity index (χ3v) is 3.33. The minimum absolute atomic E-state index is 0.107. The molecule has 0 aliphatic heterocycles. The Labute approximate surface area is 117 Å². The normalized spacial score (nSPS) is 13.4. The van der Waals surface area contributed by atoms with E-state index in [9.17, 15) is 14.8 Å². The molecule has 0 fully saturated rings. The first kappa shape index (κ1) is 14.2. The van der Waals surface area contributed by atoms with E-state index in [1.165, 1.54) is 6.20 Å². The molecule has 1 aromatic carbocycles. The fourth-order valence-electron chi connectivity index (χ4n) is 2.37. The molecular formula is C16H15FN2O. The van der Waals surface area contributed by atoms with Gasteiger partial charge < -0.3 is 5.11 Å². The molecule has 3 nitrogen and oxygen atoms in total. The molecule has 0 aliphatic carbocycles. The van der Waals surface area contributed by atoms with Crippen LogP contribution < -0.4 is 0 Å². The van der Waals surface area contributed by atoms with Crippen molar-refractivity contribution in [3.63, 3.8) is 0 Å². The molecule has 0 bridgehead atoms. The number of aliphatic hydroxyl groups is 1. The number of hydrogen-bond acceptors (Lipinski definition) is 3. The molecule has 102 valence electrons. The number of rotatable bonds is 5. The molecule has 0 amide bonds. The molecule has 0 saturated carbocycles. The van der Waals surface area contributed by atoms with Crippen LogP contribution in [0.4, 0.5) is 4.39 Å². The van der Waals surface area contributed by atoms with Gasteiger partial charge in [-0.2, -0.15) is 9.65 Å². The van der Waals surface area contributed by atoms with Crippen molar-refractivity contribution in [1.29, 1.82) is 5.26 Å². The lowest BCUT2D eigenvalue weighted by molar-refractivity contribution is 0.270. The van der Waals surface area contributed by atoms with Crippen LogP contribution in [0.15, 0.2) is 48.7 Å². The van der Waals surface area contributed by atoms with Gasteiger partial charge in [-0.15, -0.1) is 0 Å². The van der Waals surface area contributed by atoms with Crippen LogP contribution in [0.25, 0.3) is 0 Å². The van der Waals surface area contributed by atoms with Gasteiger partial charge in [-0.05, 0) is 18.1 Å².